The van der Waals surface area contributed by atoms with Gasteiger partial charge in [0.15, 0.2) is 5.13 Å². The number of hydrogen-bond donors (Lipinski definition) is 1. The first-order valence-corrected chi connectivity index (χ1v) is 7.50. The SMILES string of the molecule is CNCc1sc(N2CCn3ccnc3C2)nc1COC. The van der Waals surface area contributed by atoms with Gasteiger partial charge in [-0.25, -0.2) is 9.97 Å². The summed E-state index contributed by atoms with van der Waals surface area (Å²) in [6, 6.07) is 0. The molecule has 6 nitrogen and oxygen atoms in total. The molecule has 20 heavy (non-hydrogen) atoms. The summed E-state index contributed by atoms with van der Waals surface area (Å²) in [5, 5.41) is 4.26. The molecule has 0 fully saturated rings. The monoisotopic (exact) mass is 293 g/mol. The van der Waals surface area contributed by atoms with Crippen LogP contribution in [0.3, 0.4) is 0 Å². The van der Waals surface area contributed by atoms with Crippen LogP contribution in [0.25, 0.3) is 0 Å². The van der Waals surface area contributed by atoms with Gasteiger partial charge in [0.1, 0.15) is 5.82 Å². The number of methoxy groups -OCH3 is 1. The van der Waals surface area contributed by atoms with Crippen molar-refractivity contribution in [1.82, 2.24) is 19.9 Å². The molecule has 108 valence electrons. The average Bonchev–Trinajstić information content (AvgIpc) is 3.06. The molecule has 0 bridgehead atoms. The van der Waals surface area contributed by atoms with Gasteiger partial charge in [-0.1, -0.05) is 0 Å². The predicted molar refractivity (Wildman–Crippen MR) is 78.9 cm³/mol. The normalized spacial score (nSPS) is 14.6. The molecular weight excluding hydrogens is 274 g/mol. The highest BCUT2D eigenvalue weighted by atomic mass is 32.1. The molecule has 2 aromatic heterocycles. The van der Waals surface area contributed by atoms with Gasteiger partial charge in [0.25, 0.3) is 0 Å². The van der Waals surface area contributed by atoms with Crippen LogP contribution >= 0.6 is 11.3 Å². The fourth-order valence-corrected chi connectivity index (χ4v) is 3.49. The van der Waals surface area contributed by atoms with Gasteiger partial charge in [-0.3, -0.25) is 0 Å². The molecule has 3 rings (SSSR count). The zero-order valence-electron chi connectivity index (χ0n) is 11.8. The van der Waals surface area contributed by atoms with Crippen LogP contribution in [0, 0.1) is 0 Å². The quantitative estimate of drug-likeness (QED) is 0.898. The number of nitrogens with zero attached hydrogens (tertiary/aromatic N) is 4. The van der Waals surface area contributed by atoms with E-state index in [1.54, 1.807) is 18.4 Å². The Balaban J connectivity index is 1.82. The van der Waals surface area contributed by atoms with Crippen molar-refractivity contribution < 1.29 is 4.74 Å². The number of anilines is 1. The molecule has 3 heterocycles. The smallest absolute Gasteiger partial charge is 0.186 e. The van der Waals surface area contributed by atoms with Crippen molar-refractivity contribution in [1.29, 1.82) is 0 Å². The van der Waals surface area contributed by atoms with E-state index < -0.39 is 0 Å². The second-order valence-electron chi connectivity index (χ2n) is 4.79. The van der Waals surface area contributed by atoms with Gasteiger partial charge in [0.2, 0.25) is 0 Å². The molecule has 1 aliphatic rings. The molecule has 0 saturated carbocycles. The van der Waals surface area contributed by atoms with Crippen LogP contribution in [0.5, 0.6) is 0 Å². The lowest BCUT2D eigenvalue weighted by Gasteiger charge is -2.27. The van der Waals surface area contributed by atoms with Crippen molar-refractivity contribution in [2.75, 3.05) is 25.6 Å². The first kappa shape index (κ1) is 13.5. The summed E-state index contributed by atoms with van der Waals surface area (Å²) in [5.41, 5.74) is 1.04. The van der Waals surface area contributed by atoms with E-state index in [2.05, 4.69) is 19.8 Å². The molecule has 0 spiro atoms. The number of hydrogen-bond acceptors (Lipinski definition) is 6. The summed E-state index contributed by atoms with van der Waals surface area (Å²) < 4.78 is 7.44. The Bertz CT molecular complexity index is 556. The fraction of sp³-hybridized carbons (Fsp3) is 0.538. The van der Waals surface area contributed by atoms with Crippen LogP contribution < -0.4 is 10.2 Å². The molecule has 0 aliphatic carbocycles. The summed E-state index contributed by atoms with van der Waals surface area (Å²) in [4.78, 5) is 12.7. The van der Waals surface area contributed by atoms with E-state index >= 15 is 0 Å². The number of ether oxygens (including phenoxy) is 1. The van der Waals surface area contributed by atoms with E-state index in [1.807, 2.05) is 19.4 Å². The molecular formula is C13H19N5OS. The third kappa shape index (κ3) is 2.56. The maximum absolute atomic E-state index is 5.24. The van der Waals surface area contributed by atoms with Gasteiger partial charge in [-0.2, -0.15) is 0 Å². The highest BCUT2D eigenvalue weighted by Crippen LogP contribution is 2.29. The molecule has 1 aliphatic heterocycles. The highest BCUT2D eigenvalue weighted by Gasteiger charge is 2.21. The van der Waals surface area contributed by atoms with Crippen LogP contribution in [0.15, 0.2) is 12.4 Å². The minimum absolute atomic E-state index is 0.565. The van der Waals surface area contributed by atoms with Crippen molar-refractivity contribution in [2.45, 2.75) is 26.2 Å². The first-order valence-electron chi connectivity index (χ1n) is 6.69. The largest absolute Gasteiger partial charge is 0.378 e. The topological polar surface area (TPSA) is 55.2 Å². The van der Waals surface area contributed by atoms with Gasteiger partial charge in [-0.05, 0) is 7.05 Å². The number of imidazole rings is 1. The van der Waals surface area contributed by atoms with Crippen LogP contribution in [-0.4, -0.2) is 35.2 Å². The highest BCUT2D eigenvalue weighted by molar-refractivity contribution is 7.15. The molecule has 0 atom stereocenters. The second-order valence-corrected chi connectivity index (χ2v) is 5.85. The summed E-state index contributed by atoms with van der Waals surface area (Å²) in [6.07, 6.45) is 3.90. The van der Waals surface area contributed by atoms with Gasteiger partial charge >= 0.3 is 0 Å². The van der Waals surface area contributed by atoms with Crippen LogP contribution in [0.2, 0.25) is 0 Å². The van der Waals surface area contributed by atoms with E-state index in [0.717, 1.165) is 42.8 Å². The number of nitrogens with one attached hydrogen (secondary N) is 1. The molecule has 7 heteroatoms. The van der Waals surface area contributed by atoms with E-state index in [9.17, 15) is 0 Å². The maximum Gasteiger partial charge on any atom is 0.186 e. The molecule has 0 radical (unpaired) electrons. The summed E-state index contributed by atoms with van der Waals surface area (Å²) >= 11 is 1.74. The van der Waals surface area contributed by atoms with Crippen molar-refractivity contribution in [3.63, 3.8) is 0 Å². The lowest BCUT2D eigenvalue weighted by Crippen LogP contribution is -2.33. The Hall–Kier alpha value is -1.44. The Morgan fingerprint density at radius 3 is 3.15 bits per heavy atom. The van der Waals surface area contributed by atoms with Crippen LogP contribution in [0.1, 0.15) is 16.4 Å². The molecule has 2 aromatic rings. The Labute approximate surface area is 122 Å². The van der Waals surface area contributed by atoms with Crippen molar-refractivity contribution in [2.24, 2.45) is 0 Å². The Morgan fingerprint density at radius 1 is 1.45 bits per heavy atom. The minimum Gasteiger partial charge on any atom is -0.378 e. The standard InChI is InChI=1S/C13H19N5OS/c1-14-7-11-10(9-19-2)16-13(20-11)18-6-5-17-4-3-15-12(17)8-18/h3-4,14H,5-9H2,1-2H3. The van der Waals surface area contributed by atoms with E-state index in [4.69, 9.17) is 9.72 Å². The lowest BCUT2D eigenvalue weighted by atomic mass is 10.3. The Kier molecular flexibility index (Phi) is 4.00. The molecule has 1 N–H and O–H groups in total. The van der Waals surface area contributed by atoms with Gasteiger partial charge in [-0.15, -0.1) is 11.3 Å². The molecule has 0 unspecified atom stereocenters. The van der Waals surface area contributed by atoms with Crippen LogP contribution in [-0.2, 0) is 31.0 Å². The van der Waals surface area contributed by atoms with Gasteiger partial charge in [0.05, 0.1) is 18.8 Å². The average molecular weight is 293 g/mol. The zero-order chi connectivity index (χ0) is 13.9. The number of fused-ring (bicyclic) bond motifs is 1. The molecule has 0 saturated heterocycles. The summed E-state index contributed by atoms with van der Waals surface area (Å²) in [6.45, 7) is 4.17. The van der Waals surface area contributed by atoms with Gasteiger partial charge < -0.3 is 19.5 Å². The van der Waals surface area contributed by atoms with E-state index in [1.165, 1.54) is 4.88 Å². The van der Waals surface area contributed by atoms with Crippen molar-refractivity contribution >= 4 is 16.5 Å². The third-order valence-corrected chi connectivity index (χ3v) is 4.56. The van der Waals surface area contributed by atoms with E-state index in [0.29, 0.717) is 6.61 Å². The number of thiazole rings is 1. The van der Waals surface area contributed by atoms with Crippen molar-refractivity contribution in [3.05, 3.63) is 28.8 Å². The van der Waals surface area contributed by atoms with Crippen LogP contribution in [0.4, 0.5) is 5.13 Å². The number of rotatable bonds is 5. The summed E-state index contributed by atoms with van der Waals surface area (Å²) in [7, 11) is 3.66. The second kappa shape index (κ2) is 5.90. The molecule has 0 amide bonds. The summed E-state index contributed by atoms with van der Waals surface area (Å²) in [5.74, 6) is 1.11. The van der Waals surface area contributed by atoms with Crippen molar-refractivity contribution in [3.8, 4) is 0 Å². The lowest BCUT2D eigenvalue weighted by molar-refractivity contribution is 0.181. The van der Waals surface area contributed by atoms with Gasteiger partial charge in [0, 0.05) is 44.0 Å². The third-order valence-electron chi connectivity index (χ3n) is 3.40. The van der Waals surface area contributed by atoms with E-state index in [-0.39, 0.29) is 0 Å². The Morgan fingerprint density at radius 2 is 2.35 bits per heavy atom. The predicted octanol–water partition coefficient (Wildman–Crippen LogP) is 1.23. The zero-order valence-corrected chi connectivity index (χ0v) is 12.6. The maximum atomic E-state index is 5.24. The molecule has 0 aromatic carbocycles. The number of aromatic nitrogens is 3. The minimum atomic E-state index is 0.565. The fourth-order valence-electron chi connectivity index (χ4n) is 2.39. The first-order chi connectivity index (χ1) is 9.81.